The highest BCUT2D eigenvalue weighted by Gasteiger charge is 2.71. The first-order chi connectivity index (χ1) is 29.7. The third-order valence-electron chi connectivity index (χ3n) is 12.5. The Morgan fingerprint density at radius 1 is 0.283 bits per heavy atom. The van der Waals surface area contributed by atoms with E-state index in [4.69, 9.17) is 22.9 Å². The van der Waals surface area contributed by atoms with Crippen molar-refractivity contribution in [3.63, 3.8) is 0 Å². The standard InChI is InChI=1S/C56H40B2Cl2/c59-57-54(46-35-19-6-20-36-46)50(42-27-11-2-12-28-42)49(41-25-9-1-10-26-41)51(43-29-13-3-14-30-43)56(57)53(45-33-17-5-18-34-45)52(44-31-15-4-16-32-44)55(58(56)60,47-37-21-7-22-38-47)48-39-23-8-24-40-48/h1-40H. The van der Waals surface area contributed by atoms with Gasteiger partial charge in [-0.25, -0.2) is 0 Å². The van der Waals surface area contributed by atoms with Crippen LogP contribution in [0.1, 0.15) is 44.5 Å². The van der Waals surface area contributed by atoms with Crippen LogP contribution in [0.3, 0.4) is 0 Å². The van der Waals surface area contributed by atoms with Gasteiger partial charge in [0.25, 0.3) is 12.3 Å². The van der Waals surface area contributed by atoms with Gasteiger partial charge < -0.3 is 0 Å². The maximum atomic E-state index is 8.98. The Morgan fingerprint density at radius 2 is 0.583 bits per heavy atom. The summed E-state index contributed by atoms with van der Waals surface area (Å²) < 4.78 is 0. The molecule has 4 heteroatoms. The molecule has 8 aromatic rings. The number of hydrogen-bond acceptors (Lipinski definition) is 0. The largest absolute Gasteiger partial charge is 0.293 e. The zero-order valence-electron chi connectivity index (χ0n) is 33.0. The molecule has 60 heavy (non-hydrogen) atoms. The second kappa shape index (κ2) is 16.0. The highest BCUT2D eigenvalue weighted by Crippen LogP contribution is 2.76. The number of halogens is 2. The van der Waals surface area contributed by atoms with Gasteiger partial charge in [0.1, 0.15) is 0 Å². The Labute approximate surface area is 364 Å². The van der Waals surface area contributed by atoms with Crippen LogP contribution in [-0.4, -0.2) is 12.3 Å². The van der Waals surface area contributed by atoms with Gasteiger partial charge in [0.05, 0.1) is 0 Å². The van der Waals surface area contributed by atoms with Gasteiger partial charge in [-0.1, -0.05) is 243 Å². The monoisotopic (exact) mass is 804 g/mol. The first-order valence-corrected chi connectivity index (χ1v) is 21.5. The molecule has 0 fully saturated rings. The number of hydrogen-bond donors (Lipinski definition) is 0. The normalized spacial score (nSPS) is 17.4. The van der Waals surface area contributed by atoms with Gasteiger partial charge >= 0.3 is 0 Å². The van der Waals surface area contributed by atoms with Crippen LogP contribution >= 0.6 is 22.9 Å². The lowest BCUT2D eigenvalue weighted by Crippen LogP contribution is -2.51. The number of benzene rings is 8. The summed E-state index contributed by atoms with van der Waals surface area (Å²) in [7, 11) is 0. The minimum atomic E-state index is -1.06. The summed E-state index contributed by atoms with van der Waals surface area (Å²) in [5, 5.41) is -1.95. The van der Waals surface area contributed by atoms with Crippen LogP contribution in [0.25, 0.3) is 33.3 Å². The van der Waals surface area contributed by atoms with Crippen molar-refractivity contribution in [2.24, 2.45) is 0 Å². The molecule has 0 N–H and O–H groups in total. The summed E-state index contributed by atoms with van der Waals surface area (Å²) in [5.74, 6) is 0. The van der Waals surface area contributed by atoms with Gasteiger partial charge in [-0.3, -0.25) is 0 Å². The van der Waals surface area contributed by atoms with Crippen molar-refractivity contribution in [2.45, 2.75) is 10.5 Å². The van der Waals surface area contributed by atoms with Crippen molar-refractivity contribution in [3.8, 4) is 0 Å². The van der Waals surface area contributed by atoms with E-state index in [1.54, 1.807) is 0 Å². The highest BCUT2D eigenvalue weighted by atomic mass is 35.5. The molecule has 0 bridgehead atoms. The zero-order valence-corrected chi connectivity index (χ0v) is 34.5. The molecule has 0 saturated heterocycles. The van der Waals surface area contributed by atoms with Gasteiger partial charge in [0.15, 0.2) is 0 Å². The van der Waals surface area contributed by atoms with Crippen molar-refractivity contribution >= 4 is 68.5 Å². The average molecular weight is 805 g/mol. The summed E-state index contributed by atoms with van der Waals surface area (Å²) in [5.41, 5.74) is 15.4. The minimum absolute atomic E-state index is 0.660. The first-order valence-electron chi connectivity index (χ1n) is 20.6. The smallest absolute Gasteiger partial charge is 0.193 e. The van der Waals surface area contributed by atoms with E-state index in [0.717, 1.165) is 77.8 Å². The molecule has 0 saturated carbocycles. The zero-order chi connectivity index (χ0) is 40.5. The molecule has 0 radical (unpaired) electrons. The van der Waals surface area contributed by atoms with Gasteiger partial charge in [0, 0.05) is 10.5 Å². The lowest BCUT2D eigenvalue weighted by molar-refractivity contribution is 0.929. The van der Waals surface area contributed by atoms with Crippen LogP contribution < -0.4 is 0 Å². The van der Waals surface area contributed by atoms with Crippen molar-refractivity contribution in [1.29, 1.82) is 0 Å². The van der Waals surface area contributed by atoms with Crippen molar-refractivity contribution in [2.75, 3.05) is 0 Å². The highest BCUT2D eigenvalue weighted by molar-refractivity contribution is 7.33. The number of allylic oxidation sites excluding steroid dienone is 5. The molecule has 1 spiro atoms. The molecule has 2 aliphatic heterocycles. The molecule has 2 aliphatic rings. The average Bonchev–Trinajstić information content (AvgIpc) is 3.57. The molecular weight excluding hydrogens is 765 g/mol. The summed E-state index contributed by atoms with van der Waals surface area (Å²) in [6, 6.07) is 86.8. The Kier molecular flexibility index (Phi) is 10.1. The van der Waals surface area contributed by atoms with Crippen LogP contribution in [0.2, 0.25) is 5.21 Å². The Hall–Kier alpha value is -6.31. The Balaban J connectivity index is 1.51. The predicted molar refractivity (Wildman–Crippen MR) is 259 cm³/mol. The summed E-state index contributed by atoms with van der Waals surface area (Å²) >= 11 is 17.8. The van der Waals surface area contributed by atoms with Crippen LogP contribution in [0, 0.1) is 0 Å². The van der Waals surface area contributed by atoms with E-state index in [1.165, 1.54) is 0 Å². The first kappa shape index (κ1) is 37.9. The predicted octanol–water partition coefficient (Wildman–Crippen LogP) is 14.7. The van der Waals surface area contributed by atoms with Crippen LogP contribution in [0.4, 0.5) is 0 Å². The van der Waals surface area contributed by atoms with E-state index in [0.29, 0.717) is 0 Å². The van der Waals surface area contributed by atoms with Gasteiger partial charge in [-0.15, -0.1) is 0 Å². The molecule has 8 aromatic carbocycles. The molecule has 284 valence electrons. The summed E-state index contributed by atoms with van der Waals surface area (Å²) in [6.45, 7) is 0. The Bertz CT molecular complexity index is 2810. The molecule has 1 atom stereocenters. The van der Waals surface area contributed by atoms with Crippen molar-refractivity contribution < 1.29 is 0 Å². The van der Waals surface area contributed by atoms with E-state index in [9.17, 15) is 0 Å². The maximum Gasteiger partial charge on any atom is 0.293 e. The van der Waals surface area contributed by atoms with E-state index in [2.05, 4.69) is 243 Å². The van der Waals surface area contributed by atoms with Gasteiger partial charge in [0.2, 0.25) is 0 Å². The molecule has 2 heterocycles. The van der Waals surface area contributed by atoms with E-state index in [1.807, 2.05) is 0 Å². The van der Waals surface area contributed by atoms with Gasteiger partial charge in [-0.05, 0) is 77.8 Å². The summed E-state index contributed by atoms with van der Waals surface area (Å²) in [4.78, 5) is 0. The maximum absolute atomic E-state index is 8.98. The Morgan fingerprint density at radius 3 is 0.983 bits per heavy atom. The topological polar surface area (TPSA) is 0 Å². The second-order valence-electron chi connectivity index (χ2n) is 15.6. The molecule has 0 nitrogen and oxygen atoms in total. The lowest BCUT2D eigenvalue weighted by atomic mass is 9.20. The lowest BCUT2D eigenvalue weighted by Gasteiger charge is -2.48. The van der Waals surface area contributed by atoms with E-state index >= 15 is 0 Å². The SMILES string of the molecule is ClB1C(c2ccccc2)=C(c2ccccc2)C(c2ccccc2)=C(c2ccccc2)C12B(Cl)C(c1ccccc1)(c1ccccc1)C(c1ccccc1)=C2c1ccccc1. The fourth-order valence-corrected chi connectivity index (χ4v) is 11.6. The fraction of sp³-hybridized carbons (Fsp3) is 0.0357. The molecular formula is C56H40B2Cl2. The second-order valence-corrected chi connectivity index (χ2v) is 16.5. The third kappa shape index (κ3) is 5.93. The molecule has 0 amide bonds. The molecule has 1 unspecified atom stereocenters. The quantitative estimate of drug-likeness (QED) is 0.134. The molecule has 10 rings (SSSR count). The fourth-order valence-electron chi connectivity index (χ4n) is 10.3. The van der Waals surface area contributed by atoms with E-state index < -0.39 is 22.8 Å². The van der Waals surface area contributed by atoms with Crippen molar-refractivity contribution in [1.82, 2.24) is 0 Å². The summed E-state index contributed by atoms with van der Waals surface area (Å²) in [6.07, 6.45) is -1.32. The van der Waals surface area contributed by atoms with Crippen LogP contribution in [-0.2, 0) is 5.31 Å². The molecule has 0 aliphatic carbocycles. The third-order valence-corrected chi connectivity index (χ3v) is 13.8. The van der Waals surface area contributed by atoms with Crippen LogP contribution in [0.15, 0.2) is 243 Å². The molecule has 0 aromatic heterocycles. The number of rotatable bonds is 8. The van der Waals surface area contributed by atoms with Gasteiger partial charge in [-0.2, -0.15) is 22.9 Å². The van der Waals surface area contributed by atoms with Crippen LogP contribution in [0.5, 0.6) is 0 Å². The van der Waals surface area contributed by atoms with Crippen molar-refractivity contribution in [3.05, 3.63) is 287 Å². The van der Waals surface area contributed by atoms with E-state index in [-0.39, 0.29) is 0 Å². The minimum Gasteiger partial charge on any atom is -0.193 e.